The van der Waals surface area contributed by atoms with Crippen molar-refractivity contribution in [2.24, 2.45) is 0 Å². The Morgan fingerprint density at radius 3 is 2.40 bits per heavy atom. The average Bonchev–Trinajstić information content (AvgIpc) is 2.96. The number of fused-ring (bicyclic) bond motifs is 1. The summed E-state index contributed by atoms with van der Waals surface area (Å²) in [6.07, 6.45) is 0. The second kappa shape index (κ2) is 6.29. The van der Waals surface area contributed by atoms with E-state index in [-0.39, 0.29) is 17.9 Å². The number of carbonyl (C=O) groups is 3. The van der Waals surface area contributed by atoms with E-state index in [0.29, 0.717) is 21.9 Å². The van der Waals surface area contributed by atoms with Gasteiger partial charge >= 0.3 is 6.03 Å². The van der Waals surface area contributed by atoms with E-state index in [2.05, 4.69) is 15.6 Å². The largest absolute Gasteiger partial charge is 0.325 e. The van der Waals surface area contributed by atoms with Crippen molar-refractivity contribution >= 4 is 40.0 Å². The van der Waals surface area contributed by atoms with Crippen molar-refractivity contribution in [2.45, 2.75) is 33.7 Å². The monoisotopic (exact) mass is 358 g/mol. The zero-order chi connectivity index (χ0) is 18.3. The van der Waals surface area contributed by atoms with Crippen LogP contribution in [0.15, 0.2) is 18.2 Å². The summed E-state index contributed by atoms with van der Waals surface area (Å²) in [6, 6.07) is 4.02. The third-order valence-electron chi connectivity index (χ3n) is 3.94. The van der Waals surface area contributed by atoms with Gasteiger partial charge in [-0.2, -0.15) is 0 Å². The molecule has 1 aliphatic rings. The number of aromatic nitrogens is 1. The lowest BCUT2D eigenvalue weighted by molar-refractivity contribution is 0.0609. The predicted octanol–water partition coefficient (Wildman–Crippen LogP) is 3.41. The highest BCUT2D eigenvalue weighted by atomic mass is 32.1. The lowest BCUT2D eigenvalue weighted by Crippen LogP contribution is -2.35. The molecule has 25 heavy (non-hydrogen) atoms. The fourth-order valence-corrected chi connectivity index (χ4v) is 3.40. The number of carbonyl (C=O) groups excluding carboxylic acids is 3. The lowest BCUT2D eigenvalue weighted by atomic mass is 10.1. The number of thiazole rings is 1. The first kappa shape index (κ1) is 17.1. The molecule has 0 aliphatic carbocycles. The lowest BCUT2D eigenvalue weighted by Gasteiger charge is -2.17. The summed E-state index contributed by atoms with van der Waals surface area (Å²) in [6.45, 7) is 7.37. The van der Waals surface area contributed by atoms with Gasteiger partial charge in [-0.3, -0.25) is 19.8 Å². The van der Waals surface area contributed by atoms with Crippen LogP contribution < -0.4 is 10.6 Å². The van der Waals surface area contributed by atoms with Crippen molar-refractivity contribution in [1.29, 1.82) is 0 Å². The zero-order valence-electron chi connectivity index (χ0n) is 14.3. The fourth-order valence-electron chi connectivity index (χ4n) is 2.59. The normalized spacial score (nSPS) is 13.4. The van der Waals surface area contributed by atoms with Crippen LogP contribution in [0.2, 0.25) is 0 Å². The number of amides is 4. The molecule has 3 rings (SSSR count). The van der Waals surface area contributed by atoms with Gasteiger partial charge in [0.05, 0.1) is 16.8 Å². The Kier molecular flexibility index (Phi) is 4.30. The van der Waals surface area contributed by atoms with Crippen LogP contribution in [0.5, 0.6) is 0 Å². The van der Waals surface area contributed by atoms with Gasteiger partial charge in [0.2, 0.25) is 0 Å². The molecule has 2 N–H and O–H groups in total. The van der Waals surface area contributed by atoms with Gasteiger partial charge in [0.25, 0.3) is 11.8 Å². The number of imide groups is 1. The molecule has 8 heteroatoms. The Morgan fingerprint density at radius 1 is 1.12 bits per heavy atom. The molecule has 130 valence electrons. The summed E-state index contributed by atoms with van der Waals surface area (Å²) in [5.74, 6) is -0.648. The van der Waals surface area contributed by atoms with Crippen molar-refractivity contribution < 1.29 is 14.4 Å². The third-order valence-corrected chi connectivity index (χ3v) is 4.93. The molecule has 0 fully saturated rings. The third kappa shape index (κ3) is 3.12. The van der Waals surface area contributed by atoms with Gasteiger partial charge in [0.1, 0.15) is 0 Å². The number of nitrogens with zero attached hydrogens (tertiary/aromatic N) is 2. The summed E-state index contributed by atoms with van der Waals surface area (Å²) in [4.78, 5) is 43.2. The molecule has 0 unspecified atom stereocenters. The highest BCUT2D eigenvalue weighted by Crippen LogP contribution is 2.27. The molecular formula is C17H18N4O3S. The molecule has 2 heterocycles. The highest BCUT2D eigenvalue weighted by molar-refractivity contribution is 7.15. The second-order valence-electron chi connectivity index (χ2n) is 6.07. The minimum absolute atomic E-state index is 0.219. The van der Waals surface area contributed by atoms with E-state index < -0.39 is 6.03 Å². The molecule has 7 nitrogen and oxygen atoms in total. The quantitative estimate of drug-likeness (QED) is 0.823. The number of urea groups is 1. The van der Waals surface area contributed by atoms with Crippen LogP contribution in [-0.2, 0) is 0 Å². The predicted molar refractivity (Wildman–Crippen MR) is 96.3 cm³/mol. The van der Waals surface area contributed by atoms with E-state index in [4.69, 9.17) is 0 Å². The maximum absolute atomic E-state index is 12.4. The summed E-state index contributed by atoms with van der Waals surface area (Å²) >= 11 is 1.39. The van der Waals surface area contributed by atoms with Gasteiger partial charge in [-0.25, -0.2) is 9.78 Å². The van der Waals surface area contributed by atoms with Gasteiger partial charge < -0.3 is 5.32 Å². The van der Waals surface area contributed by atoms with Gasteiger partial charge in [0.15, 0.2) is 5.13 Å². The fraction of sp³-hybridized carbons (Fsp3) is 0.294. The summed E-state index contributed by atoms with van der Waals surface area (Å²) in [7, 11) is 0. The van der Waals surface area contributed by atoms with Gasteiger partial charge in [-0.1, -0.05) is 0 Å². The molecule has 0 saturated carbocycles. The molecule has 1 aromatic carbocycles. The first-order valence-corrected chi connectivity index (χ1v) is 8.63. The Bertz CT molecular complexity index is 869. The molecule has 1 aromatic heterocycles. The maximum Gasteiger partial charge on any atom is 0.325 e. The molecule has 0 saturated heterocycles. The van der Waals surface area contributed by atoms with Crippen molar-refractivity contribution in [3.63, 3.8) is 0 Å². The molecule has 2 aromatic rings. The van der Waals surface area contributed by atoms with E-state index >= 15 is 0 Å². The van der Waals surface area contributed by atoms with Crippen LogP contribution in [0.1, 0.15) is 45.1 Å². The topological polar surface area (TPSA) is 91.4 Å². The van der Waals surface area contributed by atoms with E-state index in [1.165, 1.54) is 22.3 Å². The van der Waals surface area contributed by atoms with Gasteiger partial charge in [-0.15, -0.1) is 11.3 Å². The van der Waals surface area contributed by atoms with E-state index in [1.807, 2.05) is 13.8 Å². The maximum atomic E-state index is 12.4. The van der Waals surface area contributed by atoms with Gasteiger partial charge in [-0.05, 0) is 45.9 Å². The minimum Gasteiger partial charge on any atom is -0.308 e. The average molecular weight is 358 g/mol. The molecule has 4 amide bonds. The highest BCUT2D eigenvalue weighted by Gasteiger charge is 2.37. The number of anilines is 2. The number of hydrogen-bond donors (Lipinski definition) is 2. The van der Waals surface area contributed by atoms with Crippen molar-refractivity contribution in [3.8, 4) is 0 Å². The Balaban J connectivity index is 1.76. The van der Waals surface area contributed by atoms with Crippen LogP contribution in [0.3, 0.4) is 0 Å². The molecule has 0 radical (unpaired) electrons. The van der Waals surface area contributed by atoms with Crippen LogP contribution in [0.25, 0.3) is 0 Å². The first-order chi connectivity index (χ1) is 11.8. The van der Waals surface area contributed by atoms with Crippen LogP contribution in [0, 0.1) is 13.8 Å². The molecule has 0 spiro atoms. The minimum atomic E-state index is -0.453. The van der Waals surface area contributed by atoms with Crippen LogP contribution in [0.4, 0.5) is 15.6 Å². The SMILES string of the molecule is Cc1nc(NC(=O)Nc2ccc3c(c2)C(=O)N(C(C)C)C3=O)sc1C. The summed E-state index contributed by atoms with van der Waals surface area (Å²) in [5, 5.41) is 5.83. The second-order valence-corrected chi connectivity index (χ2v) is 7.28. The smallest absolute Gasteiger partial charge is 0.308 e. The zero-order valence-corrected chi connectivity index (χ0v) is 15.2. The van der Waals surface area contributed by atoms with E-state index in [9.17, 15) is 14.4 Å². The van der Waals surface area contributed by atoms with Crippen LogP contribution >= 0.6 is 11.3 Å². The Hall–Kier alpha value is -2.74. The Labute approximate surface area is 149 Å². The number of aryl methyl sites for hydroxylation is 2. The standard InChI is InChI=1S/C17H18N4O3S/c1-8(2)21-14(22)12-6-5-11(7-13(12)15(21)23)19-16(24)20-17-18-9(3)10(4)25-17/h5-8H,1-4H3,(H2,18,19,20,24). The molecular weight excluding hydrogens is 340 g/mol. The summed E-state index contributed by atoms with van der Waals surface area (Å²) < 4.78 is 0. The van der Waals surface area contributed by atoms with Crippen molar-refractivity contribution in [2.75, 3.05) is 10.6 Å². The molecule has 0 bridgehead atoms. The van der Waals surface area contributed by atoms with Gasteiger partial charge in [0, 0.05) is 16.6 Å². The van der Waals surface area contributed by atoms with E-state index in [1.54, 1.807) is 26.0 Å². The number of hydrogen-bond acceptors (Lipinski definition) is 5. The number of benzene rings is 1. The van der Waals surface area contributed by atoms with E-state index in [0.717, 1.165) is 10.6 Å². The van der Waals surface area contributed by atoms with Crippen molar-refractivity contribution in [1.82, 2.24) is 9.88 Å². The number of nitrogens with one attached hydrogen (secondary N) is 2. The van der Waals surface area contributed by atoms with Crippen molar-refractivity contribution in [3.05, 3.63) is 39.9 Å². The number of rotatable bonds is 3. The Morgan fingerprint density at radius 2 is 1.80 bits per heavy atom. The molecule has 1 aliphatic heterocycles. The summed E-state index contributed by atoms with van der Waals surface area (Å²) in [5.41, 5.74) is 1.97. The van der Waals surface area contributed by atoms with Crippen LogP contribution in [-0.4, -0.2) is 33.8 Å². The molecule has 0 atom stereocenters. The first-order valence-electron chi connectivity index (χ1n) is 7.82.